The standard InChI is InChI=1S/C11H14Cl2FNO/c12-3-5-16-6-4-15-8-9-7-10(14)1-2-11(9)13/h1-2,7,15H,3-6,8H2. The summed E-state index contributed by atoms with van der Waals surface area (Å²) in [5, 5.41) is 3.67. The van der Waals surface area contributed by atoms with Gasteiger partial charge in [-0.2, -0.15) is 0 Å². The van der Waals surface area contributed by atoms with Crippen molar-refractivity contribution in [3.63, 3.8) is 0 Å². The fraction of sp³-hybridized carbons (Fsp3) is 0.455. The largest absolute Gasteiger partial charge is 0.379 e. The predicted octanol–water partition coefficient (Wildman–Crippen LogP) is 2.82. The van der Waals surface area contributed by atoms with Crippen LogP contribution in [0.3, 0.4) is 0 Å². The molecule has 16 heavy (non-hydrogen) atoms. The lowest BCUT2D eigenvalue weighted by molar-refractivity contribution is 0.151. The van der Waals surface area contributed by atoms with E-state index in [0.29, 0.717) is 37.2 Å². The molecular formula is C11H14Cl2FNO. The van der Waals surface area contributed by atoms with Crippen molar-refractivity contribution in [1.29, 1.82) is 0 Å². The van der Waals surface area contributed by atoms with Gasteiger partial charge < -0.3 is 10.1 Å². The van der Waals surface area contributed by atoms with Crippen LogP contribution in [0.1, 0.15) is 5.56 Å². The molecule has 0 atom stereocenters. The van der Waals surface area contributed by atoms with Gasteiger partial charge in [-0.15, -0.1) is 11.6 Å². The van der Waals surface area contributed by atoms with Crippen molar-refractivity contribution in [2.75, 3.05) is 25.6 Å². The molecule has 0 saturated heterocycles. The minimum atomic E-state index is -0.278. The average Bonchev–Trinajstić information content (AvgIpc) is 2.28. The Morgan fingerprint density at radius 2 is 2.12 bits per heavy atom. The molecule has 0 heterocycles. The Kier molecular flexibility index (Phi) is 6.73. The van der Waals surface area contributed by atoms with Crippen molar-refractivity contribution in [1.82, 2.24) is 5.32 Å². The normalized spacial score (nSPS) is 10.7. The third-order valence-corrected chi connectivity index (χ3v) is 2.49. The first-order valence-corrected chi connectivity index (χ1v) is 5.93. The second kappa shape index (κ2) is 7.85. The first kappa shape index (κ1) is 13.7. The molecule has 2 nitrogen and oxygen atoms in total. The van der Waals surface area contributed by atoms with Crippen molar-refractivity contribution in [2.45, 2.75) is 6.54 Å². The lowest BCUT2D eigenvalue weighted by atomic mass is 10.2. The van der Waals surface area contributed by atoms with E-state index in [1.807, 2.05) is 0 Å². The van der Waals surface area contributed by atoms with Crippen molar-refractivity contribution >= 4 is 23.2 Å². The molecule has 0 bridgehead atoms. The third kappa shape index (κ3) is 5.12. The zero-order chi connectivity index (χ0) is 11.8. The Balaban J connectivity index is 2.23. The molecule has 0 unspecified atom stereocenters. The molecule has 0 aliphatic heterocycles. The number of ether oxygens (including phenoxy) is 1. The van der Waals surface area contributed by atoms with Crippen molar-refractivity contribution < 1.29 is 9.13 Å². The number of alkyl halides is 1. The molecular weight excluding hydrogens is 252 g/mol. The predicted molar refractivity (Wildman–Crippen MR) is 64.7 cm³/mol. The van der Waals surface area contributed by atoms with Crippen molar-refractivity contribution in [2.24, 2.45) is 0 Å². The SMILES string of the molecule is Fc1ccc(Cl)c(CNCCOCCCl)c1. The molecule has 0 spiro atoms. The van der Waals surface area contributed by atoms with Crippen LogP contribution in [-0.4, -0.2) is 25.6 Å². The summed E-state index contributed by atoms with van der Waals surface area (Å²) in [6, 6.07) is 4.32. The van der Waals surface area contributed by atoms with Gasteiger partial charge >= 0.3 is 0 Å². The quantitative estimate of drug-likeness (QED) is 0.605. The Bertz CT molecular complexity index is 323. The highest BCUT2D eigenvalue weighted by Crippen LogP contribution is 2.16. The van der Waals surface area contributed by atoms with E-state index < -0.39 is 0 Å². The second-order valence-electron chi connectivity index (χ2n) is 3.21. The number of hydrogen-bond donors (Lipinski definition) is 1. The summed E-state index contributed by atoms with van der Waals surface area (Å²) in [7, 11) is 0. The van der Waals surface area contributed by atoms with Crippen LogP contribution in [0.25, 0.3) is 0 Å². The summed E-state index contributed by atoms with van der Waals surface area (Å²) in [6.07, 6.45) is 0. The van der Waals surface area contributed by atoms with Gasteiger partial charge in [0.15, 0.2) is 0 Å². The van der Waals surface area contributed by atoms with Crippen LogP contribution in [0.4, 0.5) is 4.39 Å². The van der Waals surface area contributed by atoms with Gasteiger partial charge in [0.1, 0.15) is 5.82 Å². The van der Waals surface area contributed by atoms with Crippen LogP contribution in [0.2, 0.25) is 5.02 Å². The second-order valence-corrected chi connectivity index (χ2v) is 4.00. The minimum Gasteiger partial charge on any atom is -0.379 e. The molecule has 0 amide bonds. The molecule has 0 aliphatic carbocycles. The maximum absolute atomic E-state index is 12.9. The van der Waals surface area contributed by atoms with E-state index >= 15 is 0 Å². The molecule has 0 radical (unpaired) electrons. The van der Waals surface area contributed by atoms with Crippen molar-refractivity contribution in [3.05, 3.63) is 34.6 Å². The molecule has 1 N–H and O–H groups in total. The summed E-state index contributed by atoms with van der Waals surface area (Å²) in [4.78, 5) is 0. The zero-order valence-corrected chi connectivity index (χ0v) is 10.3. The Labute approximate surface area is 105 Å². The molecule has 0 saturated carbocycles. The summed E-state index contributed by atoms with van der Waals surface area (Å²) in [6.45, 7) is 2.34. The van der Waals surface area contributed by atoms with E-state index in [2.05, 4.69) is 5.32 Å². The number of halogens is 3. The fourth-order valence-corrected chi connectivity index (χ4v) is 1.50. The molecule has 90 valence electrons. The van der Waals surface area contributed by atoms with Gasteiger partial charge in [0.2, 0.25) is 0 Å². The monoisotopic (exact) mass is 265 g/mol. The molecule has 1 aromatic carbocycles. The van der Waals surface area contributed by atoms with Crippen LogP contribution in [0, 0.1) is 5.82 Å². The number of rotatable bonds is 7. The average molecular weight is 266 g/mol. The minimum absolute atomic E-state index is 0.278. The molecule has 5 heteroatoms. The summed E-state index contributed by atoms with van der Waals surface area (Å²) in [5.74, 6) is 0.218. The third-order valence-electron chi connectivity index (χ3n) is 1.97. The van der Waals surface area contributed by atoms with E-state index in [4.69, 9.17) is 27.9 Å². The van der Waals surface area contributed by atoms with Gasteiger partial charge in [-0.05, 0) is 23.8 Å². The molecule has 1 rings (SSSR count). The lowest BCUT2D eigenvalue weighted by Gasteiger charge is -2.07. The first-order valence-electron chi connectivity index (χ1n) is 5.02. The molecule has 1 aromatic rings. The molecule has 0 fully saturated rings. The van der Waals surface area contributed by atoms with Gasteiger partial charge in [-0.1, -0.05) is 11.6 Å². The van der Waals surface area contributed by atoms with Crippen LogP contribution in [0.15, 0.2) is 18.2 Å². The van der Waals surface area contributed by atoms with E-state index in [0.717, 1.165) is 5.56 Å². The van der Waals surface area contributed by atoms with E-state index in [1.54, 1.807) is 6.07 Å². The van der Waals surface area contributed by atoms with Gasteiger partial charge in [0, 0.05) is 24.0 Å². The number of nitrogens with one attached hydrogen (secondary N) is 1. The van der Waals surface area contributed by atoms with Crippen molar-refractivity contribution in [3.8, 4) is 0 Å². The summed E-state index contributed by atoms with van der Waals surface area (Å²) in [5.41, 5.74) is 0.749. The Morgan fingerprint density at radius 3 is 2.88 bits per heavy atom. The molecule has 0 aliphatic rings. The Morgan fingerprint density at radius 1 is 1.31 bits per heavy atom. The lowest BCUT2D eigenvalue weighted by Crippen LogP contribution is -2.20. The highest BCUT2D eigenvalue weighted by molar-refractivity contribution is 6.31. The maximum atomic E-state index is 12.9. The smallest absolute Gasteiger partial charge is 0.123 e. The summed E-state index contributed by atoms with van der Waals surface area (Å²) >= 11 is 11.3. The maximum Gasteiger partial charge on any atom is 0.123 e. The van der Waals surface area contributed by atoms with Gasteiger partial charge in [0.05, 0.1) is 13.2 Å². The topological polar surface area (TPSA) is 21.3 Å². The number of benzene rings is 1. The zero-order valence-electron chi connectivity index (χ0n) is 8.81. The fourth-order valence-electron chi connectivity index (χ4n) is 1.20. The Hall–Kier alpha value is -0.350. The molecule has 0 aromatic heterocycles. The highest BCUT2D eigenvalue weighted by Gasteiger charge is 2.01. The highest BCUT2D eigenvalue weighted by atomic mass is 35.5. The van der Waals surface area contributed by atoms with Gasteiger partial charge in [0.25, 0.3) is 0 Å². The summed E-state index contributed by atoms with van der Waals surface area (Å²) < 4.78 is 18.1. The van der Waals surface area contributed by atoms with Crippen LogP contribution in [-0.2, 0) is 11.3 Å². The van der Waals surface area contributed by atoms with Gasteiger partial charge in [-0.25, -0.2) is 4.39 Å². The van der Waals surface area contributed by atoms with Crippen LogP contribution >= 0.6 is 23.2 Å². The van der Waals surface area contributed by atoms with E-state index in [9.17, 15) is 4.39 Å². The van der Waals surface area contributed by atoms with Crippen LogP contribution < -0.4 is 5.32 Å². The van der Waals surface area contributed by atoms with Crippen LogP contribution in [0.5, 0.6) is 0 Å². The van der Waals surface area contributed by atoms with E-state index in [-0.39, 0.29) is 5.82 Å². The first-order chi connectivity index (χ1) is 7.74. The van der Waals surface area contributed by atoms with E-state index in [1.165, 1.54) is 12.1 Å². The van der Waals surface area contributed by atoms with Gasteiger partial charge in [-0.3, -0.25) is 0 Å². The number of hydrogen-bond acceptors (Lipinski definition) is 2.